The molecule has 1 unspecified atom stereocenters. The lowest BCUT2D eigenvalue weighted by molar-refractivity contribution is -0.119. The summed E-state index contributed by atoms with van der Waals surface area (Å²) in [4.78, 5) is 37.9. The summed E-state index contributed by atoms with van der Waals surface area (Å²) >= 11 is 0. The van der Waals surface area contributed by atoms with Gasteiger partial charge in [-0.3, -0.25) is 14.4 Å². The van der Waals surface area contributed by atoms with Gasteiger partial charge in [-0.2, -0.15) is 0 Å². The summed E-state index contributed by atoms with van der Waals surface area (Å²) < 4.78 is 0. The minimum absolute atomic E-state index is 0.0821. The Hall–Kier alpha value is -3.41. The van der Waals surface area contributed by atoms with Gasteiger partial charge in [-0.25, -0.2) is 0 Å². The van der Waals surface area contributed by atoms with Gasteiger partial charge in [0.25, 0.3) is 5.91 Å². The molecule has 2 aromatic carbocycles. The Morgan fingerprint density at radius 1 is 1.19 bits per heavy atom. The van der Waals surface area contributed by atoms with E-state index in [1.165, 1.54) is 0 Å². The molecule has 0 radical (unpaired) electrons. The van der Waals surface area contributed by atoms with Gasteiger partial charge in [0.05, 0.1) is 11.3 Å². The van der Waals surface area contributed by atoms with Gasteiger partial charge in [-0.15, -0.1) is 0 Å². The maximum atomic E-state index is 12.7. The zero-order chi connectivity index (χ0) is 19.6. The van der Waals surface area contributed by atoms with Crippen LogP contribution in [0.5, 0.6) is 0 Å². The summed E-state index contributed by atoms with van der Waals surface area (Å²) in [5.74, 6) is -0.549. The number of carbonyl (C=O) groups is 3. The third kappa shape index (κ3) is 3.74. The summed E-state index contributed by atoms with van der Waals surface area (Å²) in [6, 6.07) is 12.3. The Bertz CT molecular complexity index is 936. The van der Waals surface area contributed by atoms with Crippen LogP contribution >= 0.6 is 0 Å². The van der Waals surface area contributed by atoms with E-state index in [0.29, 0.717) is 23.4 Å². The monoisotopic (exact) mass is 363 g/mol. The molecule has 0 aromatic heterocycles. The molecular weight excluding hydrogens is 342 g/mol. The lowest BCUT2D eigenvalue weighted by Crippen LogP contribution is -2.32. The minimum Gasteiger partial charge on any atom is -0.322 e. The molecule has 2 N–H and O–H groups in total. The minimum atomic E-state index is -0.384. The third-order valence-corrected chi connectivity index (χ3v) is 4.65. The number of para-hydroxylation sites is 1. The van der Waals surface area contributed by atoms with Crippen LogP contribution in [-0.2, 0) is 9.59 Å². The van der Waals surface area contributed by atoms with Crippen LogP contribution in [0, 0.1) is 0 Å². The van der Waals surface area contributed by atoms with Gasteiger partial charge in [0.15, 0.2) is 0 Å². The quantitative estimate of drug-likeness (QED) is 0.816. The van der Waals surface area contributed by atoms with Gasteiger partial charge in [-0.05, 0) is 47.9 Å². The first-order valence-corrected chi connectivity index (χ1v) is 8.65. The van der Waals surface area contributed by atoms with Crippen LogP contribution in [-0.4, -0.2) is 24.8 Å². The number of hydrogen-bond acceptors (Lipinski definition) is 3. The molecule has 0 saturated heterocycles. The van der Waals surface area contributed by atoms with Crippen molar-refractivity contribution in [3.05, 3.63) is 66.2 Å². The topological polar surface area (TPSA) is 78.5 Å². The van der Waals surface area contributed by atoms with Gasteiger partial charge in [0, 0.05) is 24.8 Å². The van der Waals surface area contributed by atoms with E-state index in [1.54, 1.807) is 42.3 Å². The number of nitrogens with zero attached hydrogens (tertiary/aromatic N) is 1. The van der Waals surface area contributed by atoms with Crippen molar-refractivity contribution in [2.45, 2.75) is 19.3 Å². The Labute approximate surface area is 157 Å². The number of rotatable bonds is 4. The predicted molar refractivity (Wildman–Crippen MR) is 106 cm³/mol. The summed E-state index contributed by atoms with van der Waals surface area (Å²) in [5.41, 5.74) is 3.28. The fraction of sp³-hybridized carbons (Fsp3) is 0.190. The molecule has 0 bridgehead atoms. The number of fused-ring (bicyclic) bond motifs is 1. The Kier molecular flexibility index (Phi) is 5.07. The molecule has 6 heteroatoms. The van der Waals surface area contributed by atoms with Crippen molar-refractivity contribution in [1.29, 1.82) is 0 Å². The van der Waals surface area contributed by atoms with E-state index in [2.05, 4.69) is 17.2 Å². The maximum Gasteiger partial charge on any atom is 0.257 e. The first-order chi connectivity index (χ1) is 12.9. The average molecular weight is 363 g/mol. The summed E-state index contributed by atoms with van der Waals surface area (Å²) in [5, 5.41) is 5.50. The van der Waals surface area contributed by atoms with E-state index in [-0.39, 0.29) is 23.6 Å². The summed E-state index contributed by atoms with van der Waals surface area (Å²) in [7, 11) is 1.75. The fourth-order valence-corrected chi connectivity index (χ4v) is 3.15. The molecule has 0 saturated carbocycles. The van der Waals surface area contributed by atoms with Gasteiger partial charge in [0.1, 0.15) is 0 Å². The van der Waals surface area contributed by atoms with Gasteiger partial charge in [0.2, 0.25) is 11.8 Å². The number of hydrogen-bond donors (Lipinski definition) is 2. The molecule has 1 atom stereocenters. The SMILES string of the molecule is C=CC(=O)Nc1ccccc1C(=O)Nc1ccc2c(c1)C(C)CC(=O)N2C. The summed E-state index contributed by atoms with van der Waals surface area (Å²) in [6.45, 7) is 5.41. The van der Waals surface area contributed by atoms with Crippen LogP contribution in [0.1, 0.15) is 35.2 Å². The molecule has 1 aliphatic heterocycles. The lowest BCUT2D eigenvalue weighted by atomic mass is 9.91. The molecule has 27 heavy (non-hydrogen) atoms. The number of amides is 3. The van der Waals surface area contributed by atoms with Crippen molar-refractivity contribution in [3.8, 4) is 0 Å². The molecular formula is C21H21N3O3. The first-order valence-electron chi connectivity index (χ1n) is 8.65. The maximum absolute atomic E-state index is 12.7. The van der Waals surface area contributed by atoms with Gasteiger partial charge >= 0.3 is 0 Å². The average Bonchev–Trinajstić information content (AvgIpc) is 2.66. The van der Waals surface area contributed by atoms with Crippen LogP contribution in [0.25, 0.3) is 0 Å². The van der Waals surface area contributed by atoms with Crippen molar-refractivity contribution in [1.82, 2.24) is 0 Å². The Balaban J connectivity index is 1.86. The highest BCUT2D eigenvalue weighted by Crippen LogP contribution is 2.36. The lowest BCUT2D eigenvalue weighted by Gasteiger charge is -2.30. The molecule has 1 aliphatic rings. The zero-order valence-corrected chi connectivity index (χ0v) is 15.3. The highest BCUT2D eigenvalue weighted by atomic mass is 16.2. The molecule has 3 rings (SSSR count). The van der Waals surface area contributed by atoms with Crippen LogP contribution in [0.2, 0.25) is 0 Å². The van der Waals surface area contributed by atoms with E-state index >= 15 is 0 Å². The van der Waals surface area contributed by atoms with Crippen molar-refractivity contribution in [3.63, 3.8) is 0 Å². The van der Waals surface area contributed by atoms with Crippen LogP contribution in [0.15, 0.2) is 55.1 Å². The highest BCUT2D eigenvalue weighted by molar-refractivity contribution is 6.11. The van der Waals surface area contributed by atoms with Crippen LogP contribution < -0.4 is 15.5 Å². The zero-order valence-electron chi connectivity index (χ0n) is 15.3. The number of carbonyl (C=O) groups excluding carboxylic acids is 3. The second-order valence-corrected chi connectivity index (χ2v) is 6.52. The van der Waals surface area contributed by atoms with Crippen LogP contribution in [0.3, 0.4) is 0 Å². The first kappa shape index (κ1) is 18.4. The summed E-state index contributed by atoms with van der Waals surface area (Å²) in [6.07, 6.45) is 1.59. The van der Waals surface area contributed by atoms with E-state index in [4.69, 9.17) is 0 Å². The molecule has 2 aromatic rings. The standard InChI is InChI=1S/C21H21N3O3/c1-4-19(25)23-17-8-6-5-7-15(17)21(27)22-14-9-10-18-16(12-14)13(2)11-20(26)24(18)3/h4-10,12-13H,1,11H2,2-3H3,(H,22,27)(H,23,25). The second-order valence-electron chi connectivity index (χ2n) is 6.52. The van der Waals surface area contributed by atoms with Crippen molar-refractivity contribution >= 4 is 34.8 Å². The number of nitrogens with one attached hydrogen (secondary N) is 2. The second kappa shape index (κ2) is 7.45. The highest BCUT2D eigenvalue weighted by Gasteiger charge is 2.26. The molecule has 3 amide bonds. The van der Waals surface area contributed by atoms with Gasteiger partial charge < -0.3 is 15.5 Å². The predicted octanol–water partition coefficient (Wildman–Crippen LogP) is 3.53. The molecule has 0 spiro atoms. The smallest absolute Gasteiger partial charge is 0.257 e. The van der Waals surface area contributed by atoms with Crippen LogP contribution in [0.4, 0.5) is 17.1 Å². The van der Waals surface area contributed by atoms with Crippen molar-refractivity contribution in [2.24, 2.45) is 0 Å². The van der Waals surface area contributed by atoms with Gasteiger partial charge in [-0.1, -0.05) is 25.6 Å². The number of anilines is 3. The van der Waals surface area contributed by atoms with Crippen molar-refractivity contribution in [2.75, 3.05) is 22.6 Å². The third-order valence-electron chi connectivity index (χ3n) is 4.65. The molecule has 1 heterocycles. The number of benzene rings is 2. The largest absolute Gasteiger partial charge is 0.322 e. The van der Waals surface area contributed by atoms with E-state index in [0.717, 1.165) is 17.3 Å². The van der Waals surface area contributed by atoms with Crippen molar-refractivity contribution < 1.29 is 14.4 Å². The Morgan fingerprint density at radius 3 is 2.67 bits per heavy atom. The van der Waals surface area contributed by atoms with E-state index in [9.17, 15) is 14.4 Å². The fourth-order valence-electron chi connectivity index (χ4n) is 3.15. The van der Waals surface area contributed by atoms with E-state index < -0.39 is 0 Å². The molecule has 138 valence electrons. The molecule has 0 aliphatic carbocycles. The Morgan fingerprint density at radius 2 is 1.93 bits per heavy atom. The molecule has 0 fully saturated rings. The van der Waals surface area contributed by atoms with E-state index in [1.807, 2.05) is 19.1 Å². The molecule has 6 nitrogen and oxygen atoms in total. The normalized spacial score (nSPS) is 15.7.